The first-order valence-electron chi connectivity index (χ1n) is 8.51. The van der Waals surface area contributed by atoms with Gasteiger partial charge in [0.15, 0.2) is 0 Å². The molecular formula is C18H27F3N2O2. The Morgan fingerprint density at radius 3 is 2.08 bits per heavy atom. The van der Waals surface area contributed by atoms with Crippen LogP contribution in [0.15, 0.2) is 24.3 Å². The van der Waals surface area contributed by atoms with Gasteiger partial charge in [-0.25, -0.2) is 0 Å². The molecule has 0 bridgehead atoms. The van der Waals surface area contributed by atoms with Crippen molar-refractivity contribution in [2.24, 2.45) is 0 Å². The number of halogens is 3. The molecule has 1 aromatic carbocycles. The third-order valence-electron chi connectivity index (χ3n) is 4.11. The number of benzene rings is 1. The highest BCUT2D eigenvalue weighted by Crippen LogP contribution is 2.30. The second kappa shape index (κ2) is 7.93. The molecule has 25 heavy (non-hydrogen) atoms. The van der Waals surface area contributed by atoms with Crippen LogP contribution in [0.1, 0.15) is 26.3 Å². The molecule has 1 aliphatic rings. The maximum atomic E-state index is 12.6. The van der Waals surface area contributed by atoms with Crippen LogP contribution in [0, 0.1) is 0 Å². The summed E-state index contributed by atoms with van der Waals surface area (Å²) in [5, 5.41) is 10.1. The van der Waals surface area contributed by atoms with Crippen LogP contribution in [0.5, 0.6) is 0 Å². The second-order valence-electron chi connectivity index (χ2n) is 7.41. The normalized spacial score (nSPS) is 18.4. The van der Waals surface area contributed by atoms with Gasteiger partial charge in [-0.05, 0) is 45.0 Å². The standard InChI is InChI=1S/C18H27F3N2O2/c1-17(2,3)25-13-16(24)12-22-8-10-23(11-9-22)15-6-4-14(5-7-15)18(19,20)21/h4-7,16,24H,8-13H2,1-3H3. The van der Waals surface area contributed by atoms with Crippen LogP contribution in [0.25, 0.3) is 0 Å². The lowest BCUT2D eigenvalue weighted by Gasteiger charge is -2.37. The van der Waals surface area contributed by atoms with Gasteiger partial charge in [0.2, 0.25) is 0 Å². The number of rotatable bonds is 5. The van der Waals surface area contributed by atoms with Gasteiger partial charge in [0, 0.05) is 38.4 Å². The first-order valence-corrected chi connectivity index (χ1v) is 8.51. The summed E-state index contributed by atoms with van der Waals surface area (Å²) in [4.78, 5) is 4.21. The predicted octanol–water partition coefficient (Wildman–Crippen LogP) is 3.00. The average Bonchev–Trinajstić information content (AvgIpc) is 2.52. The third-order valence-corrected chi connectivity index (χ3v) is 4.11. The molecule has 1 unspecified atom stereocenters. The van der Waals surface area contributed by atoms with Gasteiger partial charge in [0.1, 0.15) is 0 Å². The van der Waals surface area contributed by atoms with Crippen molar-refractivity contribution in [3.8, 4) is 0 Å². The number of ether oxygens (including phenoxy) is 1. The van der Waals surface area contributed by atoms with E-state index < -0.39 is 17.8 Å². The van der Waals surface area contributed by atoms with Crippen LogP contribution in [0.2, 0.25) is 0 Å². The van der Waals surface area contributed by atoms with E-state index in [2.05, 4.69) is 9.80 Å². The monoisotopic (exact) mass is 360 g/mol. The lowest BCUT2D eigenvalue weighted by atomic mass is 10.1. The number of hydrogen-bond acceptors (Lipinski definition) is 4. The van der Waals surface area contributed by atoms with E-state index in [0.717, 1.165) is 44.0 Å². The molecule has 1 aliphatic heterocycles. The van der Waals surface area contributed by atoms with E-state index in [1.54, 1.807) is 0 Å². The highest BCUT2D eigenvalue weighted by Gasteiger charge is 2.30. The SMILES string of the molecule is CC(C)(C)OCC(O)CN1CCN(c2ccc(C(F)(F)F)cc2)CC1. The molecule has 0 amide bonds. The van der Waals surface area contributed by atoms with Crippen LogP contribution >= 0.6 is 0 Å². The molecule has 1 N–H and O–H groups in total. The zero-order chi connectivity index (χ0) is 18.7. The Balaban J connectivity index is 1.79. The van der Waals surface area contributed by atoms with Gasteiger partial charge in [0.05, 0.1) is 23.9 Å². The second-order valence-corrected chi connectivity index (χ2v) is 7.41. The molecule has 1 saturated heterocycles. The Labute approximate surface area is 147 Å². The van der Waals surface area contributed by atoms with Crippen molar-refractivity contribution in [3.05, 3.63) is 29.8 Å². The Bertz CT molecular complexity index is 533. The summed E-state index contributed by atoms with van der Waals surface area (Å²) in [5.74, 6) is 0. The van der Waals surface area contributed by atoms with Crippen molar-refractivity contribution in [1.82, 2.24) is 4.90 Å². The predicted molar refractivity (Wildman–Crippen MR) is 91.8 cm³/mol. The molecule has 1 aromatic rings. The number of aliphatic hydroxyl groups excluding tert-OH is 1. The summed E-state index contributed by atoms with van der Waals surface area (Å²) in [5.41, 5.74) is -0.108. The van der Waals surface area contributed by atoms with Crippen LogP contribution in [0.3, 0.4) is 0 Å². The fourth-order valence-corrected chi connectivity index (χ4v) is 2.75. The van der Waals surface area contributed by atoms with Crippen molar-refractivity contribution in [2.45, 2.75) is 38.7 Å². The molecule has 1 atom stereocenters. The number of nitrogens with zero attached hydrogens (tertiary/aromatic N) is 2. The highest BCUT2D eigenvalue weighted by atomic mass is 19.4. The fraction of sp³-hybridized carbons (Fsp3) is 0.667. The smallest absolute Gasteiger partial charge is 0.389 e. The van der Waals surface area contributed by atoms with Gasteiger partial charge < -0.3 is 14.7 Å². The van der Waals surface area contributed by atoms with E-state index in [0.29, 0.717) is 13.2 Å². The number of β-amino-alcohol motifs (C(OH)–C–C–N with tert-alkyl or cyclic N) is 1. The van der Waals surface area contributed by atoms with Crippen LogP contribution in [-0.2, 0) is 10.9 Å². The zero-order valence-electron chi connectivity index (χ0n) is 15.0. The van der Waals surface area contributed by atoms with Gasteiger partial charge >= 0.3 is 6.18 Å². The maximum absolute atomic E-state index is 12.6. The molecule has 1 heterocycles. The Morgan fingerprint density at radius 1 is 1.04 bits per heavy atom. The molecule has 0 saturated carbocycles. The van der Waals surface area contributed by atoms with Gasteiger partial charge in [-0.1, -0.05) is 0 Å². The number of alkyl halides is 3. The molecular weight excluding hydrogens is 333 g/mol. The van der Waals surface area contributed by atoms with Gasteiger partial charge in [-0.2, -0.15) is 13.2 Å². The van der Waals surface area contributed by atoms with E-state index in [1.165, 1.54) is 12.1 Å². The number of piperazine rings is 1. The lowest BCUT2D eigenvalue weighted by molar-refractivity contribution is -0.137. The molecule has 142 valence electrons. The minimum atomic E-state index is -4.30. The summed E-state index contributed by atoms with van der Waals surface area (Å²) < 4.78 is 43.4. The van der Waals surface area contributed by atoms with Crippen molar-refractivity contribution >= 4 is 5.69 Å². The van der Waals surface area contributed by atoms with Gasteiger partial charge in [-0.3, -0.25) is 4.90 Å². The molecule has 0 spiro atoms. The molecule has 0 aliphatic carbocycles. The molecule has 7 heteroatoms. The fourth-order valence-electron chi connectivity index (χ4n) is 2.75. The van der Waals surface area contributed by atoms with E-state index >= 15 is 0 Å². The van der Waals surface area contributed by atoms with Crippen molar-refractivity contribution < 1.29 is 23.0 Å². The summed E-state index contributed by atoms with van der Waals surface area (Å²) in [7, 11) is 0. The van der Waals surface area contributed by atoms with E-state index in [4.69, 9.17) is 4.74 Å². The highest BCUT2D eigenvalue weighted by molar-refractivity contribution is 5.48. The number of hydrogen-bond donors (Lipinski definition) is 1. The summed E-state index contributed by atoms with van der Waals surface area (Å²) in [6, 6.07) is 5.28. The zero-order valence-corrected chi connectivity index (χ0v) is 15.0. The summed E-state index contributed by atoms with van der Waals surface area (Å²) >= 11 is 0. The first kappa shape index (κ1) is 20.0. The molecule has 0 radical (unpaired) electrons. The Hall–Kier alpha value is -1.31. The van der Waals surface area contributed by atoms with Gasteiger partial charge in [-0.15, -0.1) is 0 Å². The minimum absolute atomic E-state index is 0.276. The third kappa shape index (κ3) is 6.49. The largest absolute Gasteiger partial charge is 0.416 e. The molecule has 2 rings (SSSR count). The van der Waals surface area contributed by atoms with Crippen LogP contribution < -0.4 is 4.90 Å². The van der Waals surface area contributed by atoms with Crippen LogP contribution in [0.4, 0.5) is 18.9 Å². The summed E-state index contributed by atoms with van der Waals surface area (Å²) in [6.07, 6.45) is -4.85. The minimum Gasteiger partial charge on any atom is -0.389 e. The number of aliphatic hydroxyl groups is 1. The Morgan fingerprint density at radius 2 is 1.60 bits per heavy atom. The topological polar surface area (TPSA) is 35.9 Å². The van der Waals surface area contributed by atoms with Gasteiger partial charge in [0.25, 0.3) is 0 Å². The van der Waals surface area contributed by atoms with Crippen molar-refractivity contribution in [3.63, 3.8) is 0 Å². The van der Waals surface area contributed by atoms with Crippen molar-refractivity contribution in [1.29, 1.82) is 0 Å². The molecule has 0 aromatic heterocycles. The van der Waals surface area contributed by atoms with E-state index in [-0.39, 0.29) is 5.60 Å². The maximum Gasteiger partial charge on any atom is 0.416 e. The van der Waals surface area contributed by atoms with Crippen LogP contribution in [-0.4, -0.2) is 61.0 Å². The quantitative estimate of drug-likeness (QED) is 0.876. The summed E-state index contributed by atoms with van der Waals surface area (Å²) in [6.45, 7) is 9.63. The molecule has 4 nitrogen and oxygen atoms in total. The average molecular weight is 360 g/mol. The van der Waals surface area contributed by atoms with Crippen molar-refractivity contribution in [2.75, 3.05) is 44.2 Å². The first-order chi connectivity index (χ1) is 11.5. The lowest BCUT2D eigenvalue weighted by Crippen LogP contribution is -2.49. The van der Waals surface area contributed by atoms with E-state index in [1.807, 2.05) is 20.8 Å². The number of anilines is 1. The van der Waals surface area contributed by atoms with E-state index in [9.17, 15) is 18.3 Å². The Kier molecular flexibility index (Phi) is 6.35. The molecule has 1 fully saturated rings.